The summed E-state index contributed by atoms with van der Waals surface area (Å²) in [4.78, 5) is 15.3. The molecule has 19 heavy (non-hydrogen) atoms. The first-order valence-corrected chi connectivity index (χ1v) is 7.39. The highest BCUT2D eigenvalue weighted by atomic mass is 32.1. The highest BCUT2D eigenvalue weighted by Crippen LogP contribution is 2.22. The molecule has 0 saturated carbocycles. The zero-order valence-corrected chi connectivity index (χ0v) is 11.9. The Kier molecular flexibility index (Phi) is 4.68. The fraction of sp³-hybridized carbons (Fsp3) is 0.333. The first kappa shape index (κ1) is 13.7. The molecule has 0 aliphatic heterocycles. The first-order valence-electron chi connectivity index (χ1n) is 6.51. The minimum atomic E-state index is -0.337. The summed E-state index contributed by atoms with van der Waals surface area (Å²) in [5.41, 5.74) is 8.54. The van der Waals surface area contributed by atoms with Gasteiger partial charge in [-0.15, -0.1) is 11.3 Å². The maximum Gasteiger partial charge on any atom is 0.224 e. The van der Waals surface area contributed by atoms with E-state index in [0.29, 0.717) is 0 Å². The number of hydrogen-bond acceptors (Lipinski definition) is 3. The lowest BCUT2D eigenvalue weighted by atomic mass is 10.1. The van der Waals surface area contributed by atoms with Gasteiger partial charge >= 0.3 is 0 Å². The molecule has 0 unspecified atom stereocenters. The van der Waals surface area contributed by atoms with Gasteiger partial charge in [-0.1, -0.05) is 37.6 Å². The Morgan fingerprint density at radius 3 is 2.68 bits per heavy atom. The molecular weight excluding hydrogens is 256 g/mol. The molecule has 0 atom stereocenters. The zero-order chi connectivity index (χ0) is 13.7. The van der Waals surface area contributed by atoms with Gasteiger partial charge in [0.25, 0.3) is 0 Å². The fourth-order valence-corrected chi connectivity index (χ4v) is 2.71. The van der Waals surface area contributed by atoms with Crippen molar-refractivity contribution in [1.82, 2.24) is 4.98 Å². The van der Waals surface area contributed by atoms with Crippen LogP contribution >= 0.6 is 11.3 Å². The van der Waals surface area contributed by atoms with Gasteiger partial charge in [-0.05, 0) is 18.4 Å². The molecule has 100 valence electrons. The van der Waals surface area contributed by atoms with E-state index >= 15 is 0 Å². The average Bonchev–Trinajstić information content (AvgIpc) is 2.84. The summed E-state index contributed by atoms with van der Waals surface area (Å²) in [6, 6.07) is 8.48. The molecule has 3 nitrogen and oxygen atoms in total. The maximum absolute atomic E-state index is 10.8. The van der Waals surface area contributed by atoms with Gasteiger partial charge in [0.2, 0.25) is 5.91 Å². The molecule has 1 amide bonds. The Morgan fingerprint density at radius 2 is 2.05 bits per heavy atom. The lowest BCUT2D eigenvalue weighted by molar-refractivity contribution is -0.117. The number of unbranched alkanes of at least 4 members (excludes halogenated alkanes) is 1. The SMILES string of the molecule is CCCCc1ccc(-c2csc(CC(N)=O)n2)cc1. The zero-order valence-electron chi connectivity index (χ0n) is 11.1. The Hall–Kier alpha value is -1.68. The molecule has 1 aromatic heterocycles. The highest BCUT2D eigenvalue weighted by Gasteiger charge is 2.06. The topological polar surface area (TPSA) is 56.0 Å². The van der Waals surface area contributed by atoms with Crippen molar-refractivity contribution in [2.75, 3.05) is 0 Å². The van der Waals surface area contributed by atoms with Gasteiger partial charge < -0.3 is 5.73 Å². The van der Waals surface area contributed by atoms with Crippen molar-refractivity contribution in [2.45, 2.75) is 32.6 Å². The number of benzene rings is 1. The predicted octanol–water partition coefficient (Wildman–Crippen LogP) is 3.18. The van der Waals surface area contributed by atoms with E-state index in [1.807, 2.05) is 5.38 Å². The molecule has 0 aliphatic carbocycles. The van der Waals surface area contributed by atoms with Gasteiger partial charge in [-0.3, -0.25) is 4.79 Å². The van der Waals surface area contributed by atoms with E-state index in [9.17, 15) is 4.79 Å². The molecule has 2 rings (SSSR count). The van der Waals surface area contributed by atoms with Crippen LogP contribution in [0, 0.1) is 0 Å². The van der Waals surface area contributed by atoms with E-state index in [0.717, 1.165) is 22.7 Å². The van der Waals surface area contributed by atoms with Crippen LogP contribution < -0.4 is 5.73 Å². The van der Waals surface area contributed by atoms with Gasteiger partial charge in [-0.2, -0.15) is 0 Å². The Balaban J connectivity index is 2.09. The van der Waals surface area contributed by atoms with Crippen molar-refractivity contribution >= 4 is 17.2 Å². The van der Waals surface area contributed by atoms with Crippen LogP contribution in [0.4, 0.5) is 0 Å². The van der Waals surface area contributed by atoms with Crippen molar-refractivity contribution in [3.8, 4) is 11.3 Å². The van der Waals surface area contributed by atoms with Gasteiger partial charge in [0.1, 0.15) is 5.01 Å². The molecule has 0 aliphatic rings. The van der Waals surface area contributed by atoms with Crippen LogP contribution in [0.15, 0.2) is 29.6 Å². The predicted molar refractivity (Wildman–Crippen MR) is 79.1 cm³/mol. The Morgan fingerprint density at radius 1 is 1.32 bits per heavy atom. The van der Waals surface area contributed by atoms with Gasteiger partial charge in [-0.25, -0.2) is 4.98 Å². The molecule has 4 heteroatoms. The number of hydrogen-bond donors (Lipinski definition) is 1. The van der Waals surface area contributed by atoms with Crippen LogP contribution in [-0.4, -0.2) is 10.9 Å². The van der Waals surface area contributed by atoms with Crippen LogP contribution in [0.3, 0.4) is 0 Å². The maximum atomic E-state index is 10.8. The van der Waals surface area contributed by atoms with E-state index < -0.39 is 0 Å². The second-order valence-corrected chi connectivity index (χ2v) is 5.51. The third-order valence-electron chi connectivity index (χ3n) is 2.95. The van der Waals surface area contributed by atoms with Crippen molar-refractivity contribution in [3.05, 3.63) is 40.2 Å². The lowest BCUT2D eigenvalue weighted by Crippen LogP contribution is -2.13. The third kappa shape index (κ3) is 3.89. The van der Waals surface area contributed by atoms with Crippen LogP contribution in [0.5, 0.6) is 0 Å². The molecular formula is C15H18N2OS. The molecule has 0 fully saturated rings. The summed E-state index contributed by atoms with van der Waals surface area (Å²) in [6.07, 6.45) is 3.78. The minimum absolute atomic E-state index is 0.221. The van der Waals surface area contributed by atoms with Gasteiger partial charge in [0, 0.05) is 10.9 Å². The number of carbonyl (C=O) groups is 1. The Bertz CT molecular complexity index is 546. The second kappa shape index (κ2) is 6.48. The van der Waals surface area contributed by atoms with Crippen molar-refractivity contribution in [1.29, 1.82) is 0 Å². The third-order valence-corrected chi connectivity index (χ3v) is 3.79. The van der Waals surface area contributed by atoms with Gasteiger partial charge in [0.05, 0.1) is 12.1 Å². The number of aryl methyl sites for hydroxylation is 1. The molecule has 1 heterocycles. The van der Waals surface area contributed by atoms with Crippen LogP contribution in [0.2, 0.25) is 0 Å². The number of nitrogens with zero attached hydrogens (tertiary/aromatic N) is 1. The molecule has 0 saturated heterocycles. The highest BCUT2D eigenvalue weighted by molar-refractivity contribution is 7.10. The summed E-state index contributed by atoms with van der Waals surface area (Å²) in [6.45, 7) is 2.20. The van der Waals surface area contributed by atoms with Crippen LogP contribution in [0.1, 0.15) is 30.3 Å². The molecule has 2 N–H and O–H groups in total. The second-order valence-electron chi connectivity index (χ2n) is 4.57. The first-order chi connectivity index (χ1) is 9.19. The minimum Gasteiger partial charge on any atom is -0.369 e. The molecule has 2 aromatic rings. The quantitative estimate of drug-likeness (QED) is 0.879. The summed E-state index contributed by atoms with van der Waals surface area (Å²) in [7, 11) is 0. The van der Waals surface area contributed by atoms with Crippen LogP contribution in [-0.2, 0) is 17.6 Å². The van der Waals surface area contributed by atoms with E-state index in [1.165, 1.54) is 29.7 Å². The molecule has 0 radical (unpaired) electrons. The Labute approximate surface area is 117 Å². The monoisotopic (exact) mass is 274 g/mol. The number of rotatable bonds is 6. The van der Waals surface area contributed by atoms with E-state index in [2.05, 4.69) is 36.2 Å². The number of aromatic nitrogens is 1. The normalized spacial score (nSPS) is 10.6. The fourth-order valence-electron chi connectivity index (χ4n) is 1.90. The number of amides is 1. The van der Waals surface area contributed by atoms with Gasteiger partial charge in [0.15, 0.2) is 0 Å². The smallest absolute Gasteiger partial charge is 0.224 e. The van der Waals surface area contributed by atoms with Crippen molar-refractivity contribution in [2.24, 2.45) is 5.73 Å². The number of nitrogens with two attached hydrogens (primary N) is 1. The molecule has 0 bridgehead atoms. The summed E-state index contributed by atoms with van der Waals surface area (Å²) >= 11 is 1.48. The lowest BCUT2D eigenvalue weighted by Gasteiger charge is -2.01. The summed E-state index contributed by atoms with van der Waals surface area (Å²) < 4.78 is 0. The van der Waals surface area contributed by atoms with Crippen LogP contribution in [0.25, 0.3) is 11.3 Å². The number of carbonyl (C=O) groups excluding carboxylic acids is 1. The largest absolute Gasteiger partial charge is 0.369 e. The summed E-state index contributed by atoms with van der Waals surface area (Å²) in [5.74, 6) is -0.337. The summed E-state index contributed by atoms with van der Waals surface area (Å²) in [5, 5.41) is 2.75. The van der Waals surface area contributed by atoms with Crippen molar-refractivity contribution < 1.29 is 4.79 Å². The van der Waals surface area contributed by atoms with E-state index in [1.54, 1.807) is 0 Å². The molecule has 0 spiro atoms. The molecule has 1 aromatic carbocycles. The number of thiazole rings is 1. The standard InChI is InChI=1S/C15H18N2OS/c1-2-3-4-11-5-7-12(8-6-11)13-10-19-15(17-13)9-14(16)18/h5-8,10H,2-4,9H2,1H3,(H2,16,18). The average molecular weight is 274 g/mol. The van der Waals surface area contributed by atoms with Crippen molar-refractivity contribution in [3.63, 3.8) is 0 Å². The van der Waals surface area contributed by atoms with E-state index in [-0.39, 0.29) is 12.3 Å². The number of primary amides is 1. The van der Waals surface area contributed by atoms with E-state index in [4.69, 9.17) is 5.73 Å².